The predicted octanol–water partition coefficient (Wildman–Crippen LogP) is 3.25. The molecular formula is C30H31N5O4S. The highest BCUT2D eigenvalue weighted by Crippen LogP contribution is 2.32. The van der Waals surface area contributed by atoms with E-state index >= 15 is 0 Å². The number of aliphatic hydroxyl groups is 1. The zero-order chi connectivity index (χ0) is 28.6. The summed E-state index contributed by atoms with van der Waals surface area (Å²) in [6.07, 6.45) is -0.718. The van der Waals surface area contributed by atoms with Gasteiger partial charge in [-0.15, -0.1) is 11.3 Å². The fraction of sp³-hybridized carbons (Fsp3) is 0.367. The van der Waals surface area contributed by atoms with Crippen molar-refractivity contribution < 1.29 is 19.5 Å². The Morgan fingerprint density at radius 2 is 1.98 bits per heavy atom. The van der Waals surface area contributed by atoms with Crippen LogP contribution >= 0.6 is 11.3 Å². The Hall–Kier alpha value is -4.07. The molecule has 2 aromatic carbocycles. The van der Waals surface area contributed by atoms with Gasteiger partial charge in [0.2, 0.25) is 11.8 Å². The van der Waals surface area contributed by atoms with Crippen molar-refractivity contribution in [2.45, 2.75) is 58.5 Å². The molecule has 3 atom stereocenters. The third-order valence-corrected chi connectivity index (χ3v) is 8.61. The van der Waals surface area contributed by atoms with Crippen molar-refractivity contribution in [2.24, 2.45) is 5.92 Å². The number of nitriles is 1. The Labute approximate surface area is 237 Å². The molecule has 206 valence electrons. The molecule has 0 bridgehead atoms. The predicted molar refractivity (Wildman–Crippen MR) is 150 cm³/mol. The standard InChI is InChI=1S/C30H31N5O4S/c1-17(2)26(35-15-24-21(12-31)5-4-6-23(24)29(35)38)30(39)34-14-22(36)11-25(34)28(37)32-13-19-7-9-20(10-8-19)27-18(3)33-16-40-27/h4-10,16-17,22,25-26,36H,11,13-15H2,1-3H3,(H,32,37)/t22-,25+,26+/m1/s1. The number of aryl methyl sites for hydroxylation is 1. The van der Waals surface area contributed by atoms with Crippen LogP contribution in [0.1, 0.15) is 53.0 Å². The molecule has 3 aromatic rings. The summed E-state index contributed by atoms with van der Waals surface area (Å²) in [6, 6.07) is 13.3. The fourth-order valence-corrected chi connectivity index (χ4v) is 6.41. The average Bonchev–Trinajstić information content (AvgIpc) is 3.64. The van der Waals surface area contributed by atoms with Gasteiger partial charge >= 0.3 is 0 Å². The molecule has 0 unspecified atom stereocenters. The molecule has 0 radical (unpaired) electrons. The van der Waals surface area contributed by atoms with Gasteiger partial charge in [-0.1, -0.05) is 44.2 Å². The Morgan fingerprint density at radius 1 is 1.23 bits per heavy atom. The second kappa shape index (κ2) is 11.2. The molecule has 1 fully saturated rings. The van der Waals surface area contributed by atoms with Crippen molar-refractivity contribution in [1.82, 2.24) is 20.1 Å². The number of aliphatic hydroxyl groups excluding tert-OH is 1. The zero-order valence-corrected chi connectivity index (χ0v) is 23.4. The first-order valence-electron chi connectivity index (χ1n) is 13.3. The van der Waals surface area contributed by atoms with Gasteiger partial charge in [-0.25, -0.2) is 4.98 Å². The SMILES string of the molecule is Cc1ncsc1-c1ccc(CNC(=O)[C@@H]2C[C@@H](O)CN2C(=O)[C@H](C(C)C)N2Cc3c(C#N)cccc3C2=O)cc1. The molecule has 10 heteroatoms. The molecular weight excluding hydrogens is 526 g/mol. The summed E-state index contributed by atoms with van der Waals surface area (Å²) in [7, 11) is 0. The van der Waals surface area contributed by atoms with Gasteiger partial charge < -0.3 is 20.2 Å². The van der Waals surface area contributed by atoms with Crippen LogP contribution < -0.4 is 5.32 Å². The van der Waals surface area contributed by atoms with Crippen LogP contribution in [-0.4, -0.2) is 62.3 Å². The highest BCUT2D eigenvalue weighted by Gasteiger charge is 2.46. The average molecular weight is 558 g/mol. The number of rotatable bonds is 7. The lowest BCUT2D eigenvalue weighted by molar-refractivity contribution is -0.143. The number of amides is 3. The van der Waals surface area contributed by atoms with Crippen LogP contribution in [0, 0.1) is 24.2 Å². The van der Waals surface area contributed by atoms with Gasteiger partial charge in [-0.2, -0.15) is 5.26 Å². The van der Waals surface area contributed by atoms with E-state index in [2.05, 4.69) is 16.4 Å². The molecule has 2 aliphatic heterocycles. The number of benzene rings is 2. The van der Waals surface area contributed by atoms with Crippen molar-refractivity contribution in [1.29, 1.82) is 5.26 Å². The van der Waals surface area contributed by atoms with Crippen LogP contribution in [0.2, 0.25) is 0 Å². The highest BCUT2D eigenvalue weighted by atomic mass is 32.1. The maximum Gasteiger partial charge on any atom is 0.255 e. The Bertz CT molecular complexity index is 1490. The Balaban J connectivity index is 1.29. The van der Waals surface area contributed by atoms with Crippen molar-refractivity contribution in [3.05, 3.63) is 75.9 Å². The molecule has 0 aliphatic carbocycles. The van der Waals surface area contributed by atoms with E-state index in [0.29, 0.717) is 16.7 Å². The van der Waals surface area contributed by atoms with E-state index in [0.717, 1.165) is 21.7 Å². The van der Waals surface area contributed by atoms with Crippen molar-refractivity contribution in [3.63, 3.8) is 0 Å². The molecule has 1 saturated heterocycles. The number of fused-ring (bicyclic) bond motifs is 1. The summed E-state index contributed by atoms with van der Waals surface area (Å²) in [4.78, 5) is 48.8. The first kappa shape index (κ1) is 27.5. The van der Waals surface area contributed by atoms with Crippen LogP contribution in [0.4, 0.5) is 0 Å². The summed E-state index contributed by atoms with van der Waals surface area (Å²) < 4.78 is 0. The van der Waals surface area contributed by atoms with Gasteiger partial charge in [-0.3, -0.25) is 14.4 Å². The smallest absolute Gasteiger partial charge is 0.255 e. The summed E-state index contributed by atoms with van der Waals surface area (Å²) in [5.41, 5.74) is 6.20. The molecule has 2 aliphatic rings. The number of carbonyl (C=O) groups excluding carboxylic acids is 3. The number of carbonyl (C=O) groups is 3. The van der Waals surface area contributed by atoms with E-state index in [1.807, 2.05) is 50.5 Å². The van der Waals surface area contributed by atoms with Crippen molar-refractivity contribution in [2.75, 3.05) is 6.54 Å². The molecule has 3 heterocycles. The van der Waals surface area contributed by atoms with E-state index in [9.17, 15) is 24.8 Å². The third kappa shape index (κ3) is 5.10. The van der Waals surface area contributed by atoms with Crippen molar-refractivity contribution in [3.8, 4) is 16.5 Å². The fourth-order valence-electron chi connectivity index (χ4n) is 5.60. The number of hydrogen-bond acceptors (Lipinski definition) is 7. The first-order chi connectivity index (χ1) is 19.2. The minimum Gasteiger partial charge on any atom is -0.391 e. The zero-order valence-electron chi connectivity index (χ0n) is 22.6. The molecule has 3 amide bonds. The van der Waals surface area contributed by atoms with Gasteiger partial charge in [-0.05, 0) is 36.1 Å². The van der Waals surface area contributed by atoms with Crippen LogP contribution in [0.25, 0.3) is 10.4 Å². The normalized spacial score (nSPS) is 19.1. The first-order valence-corrected chi connectivity index (χ1v) is 14.2. The topological polar surface area (TPSA) is 127 Å². The van der Waals surface area contributed by atoms with Crippen LogP contribution in [0.5, 0.6) is 0 Å². The third-order valence-electron chi connectivity index (χ3n) is 7.63. The van der Waals surface area contributed by atoms with E-state index in [-0.39, 0.29) is 49.7 Å². The molecule has 40 heavy (non-hydrogen) atoms. The van der Waals surface area contributed by atoms with Gasteiger partial charge in [0.05, 0.1) is 33.8 Å². The Morgan fingerprint density at radius 3 is 2.62 bits per heavy atom. The number of aromatic nitrogens is 1. The van der Waals surface area contributed by atoms with E-state index in [4.69, 9.17) is 0 Å². The number of nitrogens with one attached hydrogen (secondary N) is 1. The lowest BCUT2D eigenvalue weighted by Gasteiger charge is -2.35. The minimum absolute atomic E-state index is 0.0153. The molecule has 9 nitrogen and oxygen atoms in total. The number of nitrogens with zero attached hydrogens (tertiary/aromatic N) is 4. The second-order valence-electron chi connectivity index (χ2n) is 10.6. The molecule has 1 aromatic heterocycles. The van der Waals surface area contributed by atoms with E-state index in [1.54, 1.807) is 29.5 Å². The van der Waals surface area contributed by atoms with Gasteiger partial charge in [0.1, 0.15) is 12.1 Å². The molecule has 2 N–H and O–H groups in total. The lowest BCUT2D eigenvalue weighted by atomic mass is 10.00. The van der Waals surface area contributed by atoms with Crippen LogP contribution in [-0.2, 0) is 22.7 Å². The van der Waals surface area contributed by atoms with E-state index in [1.165, 1.54) is 9.80 Å². The number of β-amino-alcohol motifs (C(OH)–C–C–N with tert-alkyl or cyclic N) is 1. The summed E-state index contributed by atoms with van der Waals surface area (Å²) >= 11 is 1.58. The maximum absolute atomic E-state index is 13.9. The van der Waals surface area contributed by atoms with Gasteiger partial charge in [0, 0.05) is 37.2 Å². The van der Waals surface area contributed by atoms with Crippen molar-refractivity contribution >= 4 is 29.1 Å². The number of likely N-dealkylation sites (tertiary alicyclic amines) is 1. The van der Waals surface area contributed by atoms with Crippen LogP contribution in [0.3, 0.4) is 0 Å². The molecule has 5 rings (SSSR count). The molecule has 0 saturated carbocycles. The van der Waals surface area contributed by atoms with E-state index < -0.39 is 18.2 Å². The summed E-state index contributed by atoms with van der Waals surface area (Å²) in [5, 5.41) is 22.9. The lowest BCUT2D eigenvalue weighted by Crippen LogP contribution is -2.55. The number of thiazole rings is 1. The highest BCUT2D eigenvalue weighted by molar-refractivity contribution is 7.13. The number of hydrogen-bond donors (Lipinski definition) is 2. The van der Waals surface area contributed by atoms with Crippen LogP contribution in [0.15, 0.2) is 48.0 Å². The van der Waals surface area contributed by atoms with Gasteiger partial charge in [0.15, 0.2) is 0 Å². The summed E-state index contributed by atoms with van der Waals surface area (Å²) in [6.45, 7) is 6.11. The monoisotopic (exact) mass is 557 g/mol. The maximum atomic E-state index is 13.9. The second-order valence-corrected chi connectivity index (χ2v) is 11.5. The largest absolute Gasteiger partial charge is 0.391 e. The summed E-state index contributed by atoms with van der Waals surface area (Å²) in [5.74, 6) is -1.29. The minimum atomic E-state index is -0.849. The molecule has 0 spiro atoms. The Kier molecular flexibility index (Phi) is 7.70. The van der Waals surface area contributed by atoms with Gasteiger partial charge in [0.25, 0.3) is 5.91 Å². The quantitative estimate of drug-likeness (QED) is 0.459.